The molecule has 0 aliphatic heterocycles. The van der Waals surface area contributed by atoms with Gasteiger partial charge in [0.15, 0.2) is 11.5 Å². The van der Waals surface area contributed by atoms with Gasteiger partial charge in [-0.25, -0.2) is 0 Å². The predicted molar refractivity (Wildman–Crippen MR) is 135 cm³/mol. The second kappa shape index (κ2) is 11.0. The number of methoxy groups -OCH3 is 1. The lowest BCUT2D eigenvalue weighted by molar-refractivity contribution is -0.112. The van der Waals surface area contributed by atoms with Crippen molar-refractivity contribution in [3.63, 3.8) is 0 Å². The molecule has 168 valence electrons. The lowest BCUT2D eigenvalue weighted by Crippen LogP contribution is -2.15. The third-order valence-electron chi connectivity index (χ3n) is 4.98. The molecule has 5 nitrogen and oxygen atoms in total. The summed E-state index contributed by atoms with van der Waals surface area (Å²) in [7, 11) is 1.52. The molecule has 3 aromatic carbocycles. The first kappa shape index (κ1) is 24.4. The Labute approximate surface area is 206 Å². The summed E-state index contributed by atoms with van der Waals surface area (Å²) in [5.74, 6) is 0.465. The number of carbonyl (C=O) groups excluding carboxylic acids is 1. The van der Waals surface area contributed by atoms with Gasteiger partial charge in [0.1, 0.15) is 18.2 Å². The number of hydrogen-bond donors (Lipinski definition) is 1. The van der Waals surface area contributed by atoms with E-state index in [9.17, 15) is 10.1 Å². The largest absolute Gasteiger partial charge is 0.493 e. The molecule has 0 bridgehead atoms. The van der Waals surface area contributed by atoms with Gasteiger partial charge in [0.25, 0.3) is 5.91 Å². The van der Waals surface area contributed by atoms with Gasteiger partial charge in [0.05, 0.1) is 11.6 Å². The molecular formula is C26H22BrClN2O3. The van der Waals surface area contributed by atoms with Gasteiger partial charge in [-0.05, 0) is 70.7 Å². The van der Waals surface area contributed by atoms with Gasteiger partial charge in [0.2, 0.25) is 0 Å². The number of nitriles is 1. The van der Waals surface area contributed by atoms with Gasteiger partial charge in [-0.1, -0.05) is 48.0 Å². The third-order valence-corrected chi connectivity index (χ3v) is 5.94. The van der Waals surface area contributed by atoms with E-state index in [0.29, 0.717) is 32.2 Å². The quantitative estimate of drug-likeness (QED) is 0.270. The van der Waals surface area contributed by atoms with Crippen LogP contribution in [0.5, 0.6) is 11.5 Å². The van der Waals surface area contributed by atoms with Crippen LogP contribution >= 0.6 is 27.5 Å². The maximum absolute atomic E-state index is 12.8. The summed E-state index contributed by atoms with van der Waals surface area (Å²) in [4.78, 5) is 12.8. The molecule has 0 saturated heterocycles. The Hall–Kier alpha value is -3.27. The highest BCUT2D eigenvalue weighted by Crippen LogP contribution is 2.38. The average Bonchev–Trinajstić information content (AvgIpc) is 2.79. The highest BCUT2D eigenvalue weighted by atomic mass is 79.9. The maximum atomic E-state index is 12.8. The number of nitrogens with zero attached hydrogens (tertiary/aromatic N) is 1. The number of nitrogens with one attached hydrogen (secondary N) is 1. The second-order valence-electron chi connectivity index (χ2n) is 7.30. The van der Waals surface area contributed by atoms with Crippen molar-refractivity contribution in [2.45, 2.75) is 20.5 Å². The molecule has 0 aromatic heterocycles. The molecule has 0 unspecified atom stereocenters. The first-order chi connectivity index (χ1) is 15.8. The van der Waals surface area contributed by atoms with Crippen LogP contribution in [-0.2, 0) is 11.4 Å². The zero-order valence-electron chi connectivity index (χ0n) is 18.4. The van der Waals surface area contributed by atoms with Gasteiger partial charge in [-0.2, -0.15) is 5.26 Å². The molecule has 0 spiro atoms. The highest BCUT2D eigenvalue weighted by molar-refractivity contribution is 9.10. The summed E-state index contributed by atoms with van der Waals surface area (Å²) in [6.07, 6.45) is 1.51. The minimum absolute atomic E-state index is 0.0312. The van der Waals surface area contributed by atoms with Gasteiger partial charge >= 0.3 is 0 Å². The number of anilines is 1. The van der Waals surface area contributed by atoms with Crippen molar-refractivity contribution in [3.8, 4) is 17.6 Å². The van der Waals surface area contributed by atoms with Crippen molar-refractivity contribution in [2.24, 2.45) is 0 Å². The van der Waals surface area contributed by atoms with Crippen LogP contribution in [0.1, 0.15) is 22.3 Å². The molecule has 3 aromatic rings. The number of benzene rings is 3. The Bertz CT molecular complexity index is 1240. The van der Waals surface area contributed by atoms with E-state index in [-0.39, 0.29) is 12.2 Å². The Balaban J connectivity index is 1.86. The lowest BCUT2D eigenvalue weighted by Gasteiger charge is -2.14. The monoisotopic (exact) mass is 524 g/mol. The molecule has 0 fully saturated rings. The van der Waals surface area contributed by atoms with E-state index in [2.05, 4.69) is 21.2 Å². The van der Waals surface area contributed by atoms with Crippen LogP contribution in [0, 0.1) is 25.2 Å². The Kier molecular flexibility index (Phi) is 8.16. The van der Waals surface area contributed by atoms with Crippen molar-refractivity contribution in [2.75, 3.05) is 12.4 Å². The van der Waals surface area contributed by atoms with Gasteiger partial charge in [-0.3, -0.25) is 4.79 Å². The summed E-state index contributed by atoms with van der Waals surface area (Å²) >= 11 is 9.71. The Morgan fingerprint density at radius 1 is 1.15 bits per heavy atom. The third kappa shape index (κ3) is 5.95. The number of carbonyl (C=O) groups is 1. The van der Waals surface area contributed by atoms with E-state index >= 15 is 0 Å². The minimum atomic E-state index is -0.482. The maximum Gasteiger partial charge on any atom is 0.266 e. The predicted octanol–water partition coefficient (Wildman–Crippen LogP) is 6.85. The van der Waals surface area contributed by atoms with Crippen LogP contribution in [0.25, 0.3) is 6.08 Å². The number of aryl methyl sites for hydroxylation is 2. The van der Waals surface area contributed by atoms with Crippen molar-refractivity contribution < 1.29 is 14.3 Å². The normalized spacial score (nSPS) is 11.0. The van der Waals surface area contributed by atoms with E-state index in [0.717, 1.165) is 16.7 Å². The molecule has 1 N–H and O–H groups in total. The first-order valence-electron chi connectivity index (χ1n) is 10.1. The summed E-state index contributed by atoms with van der Waals surface area (Å²) < 4.78 is 12.0. The molecule has 0 atom stereocenters. The highest BCUT2D eigenvalue weighted by Gasteiger charge is 2.16. The molecule has 0 aliphatic carbocycles. The van der Waals surface area contributed by atoms with Crippen molar-refractivity contribution in [1.82, 2.24) is 0 Å². The van der Waals surface area contributed by atoms with Crippen molar-refractivity contribution >= 4 is 45.2 Å². The lowest BCUT2D eigenvalue weighted by atomic mass is 10.1. The van der Waals surface area contributed by atoms with Gasteiger partial charge in [0, 0.05) is 16.3 Å². The van der Waals surface area contributed by atoms with Gasteiger partial charge in [-0.15, -0.1) is 0 Å². The van der Waals surface area contributed by atoms with E-state index in [4.69, 9.17) is 21.1 Å². The van der Waals surface area contributed by atoms with E-state index in [1.54, 1.807) is 18.2 Å². The zero-order chi connectivity index (χ0) is 24.0. The first-order valence-corrected chi connectivity index (χ1v) is 11.2. The molecule has 0 radical (unpaired) electrons. The van der Waals surface area contributed by atoms with Gasteiger partial charge < -0.3 is 14.8 Å². The topological polar surface area (TPSA) is 71.3 Å². The van der Waals surface area contributed by atoms with Crippen molar-refractivity contribution in [3.05, 3.63) is 91.9 Å². The summed E-state index contributed by atoms with van der Waals surface area (Å²) in [5, 5.41) is 13.1. The summed E-state index contributed by atoms with van der Waals surface area (Å²) in [6, 6.07) is 18.6. The fourth-order valence-corrected chi connectivity index (χ4v) is 4.00. The zero-order valence-corrected chi connectivity index (χ0v) is 20.8. The number of hydrogen-bond acceptors (Lipinski definition) is 4. The van der Waals surface area contributed by atoms with Crippen LogP contribution in [0.2, 0.25) is 5.02 Å². The number of rotatable bonds is 7. The van der Waals surface area contributed by atoms with Crippen LogP contribution in [0.4, 0.5) is 5.69 Å². The SMILES string of the molecule is COc1cc(/C=C(/C#N)C(=O)Nc2c(C)cccc2C)cc(Br)c1OCc1ccccc1Cl. The fraction of sp³-hybridized carbons (Fsp3) is 0.154. The minimum Gasteiger partial charge on any atom is -0.493 e. The summed E-state index contributed by atoms with van der Waals surface area (Å²) in [5.41, 5.74) is 3.96. The van der Waals surface area contributed by atoms with Crippen LogP contribution < -0.4 is 14.8 Å². The molecule has 33 heavy (non-hydrogen) atoms. The molecule has 3 rings (SSSR count). The Morgan fingerprint density at radius 3 is 2.48 bits per heavy atom. The number of halogens is 2. The second-order valence-corrected chi connectivity index (χ2v) is 8.57. The number of para-hydroxylation sites is 1. The van der Waals surface area contributed by atoms with E-state index < -0.39 is 5.91 Å². The smallest absolute Gasteiger partial charge is 0.266 e. The van der Waals surface area contributed by atoms with E-state index in [1.165, 1.54) is 13.2 Å². The molecule has 0 saturated carbocycles. The molecule has 1 amide bonds. The molecular weight excluding hydrogens is 504 g/mol. The van der Waals surface area contributed by atoms with Crippen LogP contribution in [-0.4, -0.2) is 13.0 Å². The molecule has 0 aliphatic rings. The standard InChI is InChI=1S/C26H22BrClN2O3/c1-16-7-6-8-17(2)24(16)30-26(31)20(14-29)11-18-12-21(27)25(23(13-18)32-3)33-15-19-9-4-5-10-22(19)28/h4-13H,15H2,1-3H3,(H,30,31)/b20-11-. The Morgan fingerprint density at radius 2 is 1.85 bits per heavy atom. The van der Waals surface area contributed by atoms with Crippen molar-refractivity contribution in [1.29, 1.82) is 5.26 Å². The average molecular weight is 526 g/mol. The molecule has 7 heteroatoms. The van der Waals surface area contributed by atoms with Crippen LogP contribution in [0.15, 0.2) is 64.6 Å². The van der Waals surface area contributed by atoms with E-state index in [1.807, 2.05) is 56.3 Å². The molecule has 0 heterocycles. The fourth-order valence-electron chi connectivity index (χ4n) is 3.24. The number of amides is 1. The summed E-state index contributed by atoms with van der Waals surface area (Å²) in [6.45, 7) is 4.06. The van der Waals surface area contributed by atoms with Crippen LogP contribution in [0.3, 0.4) is 0 Å². The number of ether oxygens (including phenoxy) is 2.